The molecule has 0 rings (SSSR count). The molecule has 0 aromatic rings. The van der Waals surface area contributed by atoms with Crippen molar-refractivity contribution in [2.75, 3.05) is 13.1 Å². The molecule has 0 spiro atoms. The molecule has 0 bridgehead atoms. The summed E-state index contributed by atoms with van der Waals surface area (Å²) in [5.74, 6) is 0.782. The van der Waals surface area contributed by atoms with Crippen LogP contribution in [0.4, 0.5) is 0 Å². The summed E-state index contributed by atoms with van der Waals surface area (Å²) in [5, 5.41) is 3.48. The number of nitrogens with one attached hydrogen (secondary N) is 1. The molecule has 0 aliphatic heterocycles. The summed E-state index contributed by atoms with van der Waals surface area (Å²) < 4.78 is 0. The van der Waals surface area contributed by atoms with E-state index in [9.17, 15) is 0 Å². The Labute approximate surface area is 90.7 Å². The van der Waals surface area contributed by atoms with Gasteiger partial charge in [-0.2, -0.15) is 0 Å². The lowest BCUT2D eigenvalue weighted by Crippen LogP contribution is -2.20. The third-order valence-electron chi connectivity index (χ3n) is 2.33. The Morgan fingerprint density at radius 1 is 1.00 bits per heavy atom. The quantitative estimate of drug-likeness (QED) is 0.614. The van der Waals surface area contributed by atoms with E-state index in [-0.39, 0.29) is 0 Å². The van der Waals surface area contributed by atoms with E-state index in [0.29, 0.717) is 5.41 Å². The first-order chi connectivity index (χ1) is 6.42. The summed E-state index contributed by atoms with van der Waals surface area (Å²) in [5.41, 5.74) is 0.519. The molecule has 0 aliphatic rings. The van der Waals surface area contributed by atoms with Crippen LogP contribution in [-0.2, 0) is 0 Å². The van der Waals surface area contributed by atoms with Crippen LogP contribution in [0.1, 0.15) is 60.3 Å². The second-order valence-corrected chi connectivity index (χ2v) is 5.97. The lowest BCUT2D eigenvalue weighted by molar-refractivity contribution is 0.357. The van der Waals surface area contributed by atoms with Crippen molar-refractivity contribution in [1.82, 2.24) is 5.32 Å². The molecule has 1 heteroatoms. The van der Waals surface area contributed by atoms with Gasteiger partial charge in [0.2, 0.25) is 0 Å². The van der Waals surface area contributed by atoms with Crippen molar-refractivity contribution in [2.24, 2.45) is 11.3 Å². The van der Waals surface area contributed by atoms with E-state index in [2.05, 4.69) is 39.9 Å². The molecule has 14 heavy (non-hydrogen) atoms. The van der Waals surface area contributed by atoms with Crippen molar-refractivity contribution >= 4 is 0 Å². The topological polar surface area (TPSA) is 12.0 Å². The molecular formula is C13H29N. The predicted octanol–water partition coefficient (Wildman–Crippen LogP) is 3.84. The highest BCUT2D eigenvalue weighted by Gasteiger charge is 2.08. The van der Waals surface area contributed by atoms with Crippen molar-refractivity contribution in [3.8, 4) is 0 Å². The SMILES string of the molecule is CC(C)CNCCCCCC(C)(C)C. The Kier molecular flexibility index (Phi) is 7.26. The van der Waals surface area contributed by atoms with Crippen LogP contribution in [0.3, 0.4) is 0 Å². The van der Waals surface area contributed by atoms with Crippen LogP contribution < -0.4 is 5.32 Å². The maximum atomic E-state index is 3.48. The molecular weight excluding hydrogens is 170 g/mol. The molecule has 0 heterocycles. The smallest absolute Gasteiger partial charge is 0.00258 e. The molecule has 0 aliphatic carbocycles. The van der Waals surface area contributed by atoms with Gasteiger partial charge in [0.1, 0.15) is 0 Å². The standard InChI is InChI=1S/C13H29N/c1-12(2)11-14-10-8-6-7-9-13(3,4)5/h12,14H,6-11H2,1-5H3. The first-order valence-corrected chi connectivity index (χ1v) is 6.12. The third kappa shape index (κ3) is 12.0. The molecule has 0 fully saturated rings. The van der Waals surface area contributed by atoms with Crippen molar-refractivity contribution in [2.45, 2.75) is 60.3 Å². The molecule has 0 saturated carbocycles. The van der Waals surface area contributed by atoms with Crippen LogP contribution in [-0.4, -0.2) is 13.1 Å². The Hall–Kier alpha value is -0.0400. The summed E-state index contributed by atoms with van der Waals surface area (Å²) in [6, 6.07) is 0. The summed E-state index contributed by atoms with van der Waals surface area (Å²) >= 11 is 0. The summed E-state index contributed by atoms with van der Waals surface area (Å²) in [6.45, 7) is 13.8. The molecule has 0 radical (unpaired) electrons. The summed E-state index contributed by atoms with van der Waals surface area (Å²) in [7, 11) is 0. The molecule has 1 N–H and O–H groups in total. The van der Waals surface area contributed by atoms with Crippen LogP contribution in [0.2, 0.25) is 0 Å². The molecule has 86 valence electrons. The minimum Gasteiger partial charge on any atom is -0.316 e. The van der Waals surface area contributed by atoms with Gasteiger partial charge in [-0.25, -0.2) is 0 Å². The molecule has 0 atom stereocenters. The van der Waals surface area contributed by atoms with Crippen molar-refractivity contribution < 1.29 is 0 Å². The zero-order valence-electron chi connectivity index (χ0n) is 10.8. The van der Waals surface area contributed by atoms with Gasteiger partial charge in [-0.05, 0) is 37.3 Å². The average Bonchev–Trinajstić information content (AvgIpc) is 2.00. The lowest BCUT2D eigenvalue weighted by atomic mass is 9.89. The van der Waals surface area contributed by atoms with E-state index in [4.69, 9.17) is 0 Å². The lowest BCUT2D eigenvalue weighted by Gasteiger charge is -2.17. The van der Waals surface area contributed by atoms with Crippen LogP contribution >= 0.6 is 0 Å². The fraction of sp³-hybridized carbons (Fsp3) is 1.00. The monoisotopic (exact) mass is 199 g/mol. The van der Waals surface area contributed by atoms with Crippen LogP contribution in [0, 0.1) is 11.3 Å². The van der Waals surface area contributed by atoms with Gasteiger partial charge in [0.25, 0.3) is 0 Å². The molecule has 0 saturated heterocycles. The van der Waals surface area contributed by atoms with E-state index in [1.54, 1.807) is 0 Å². The van der Waals surface area contributed by atoms with E-state index in [0.717, 1.165) is 5.92 Å². The molecule has 0 amide bonds. The van der Waals surface area contributed by atoms with Gasteiger partial charge in [0.05, 0.1) is 0 Å². The third-order valence-corrected chi connectivity index (χ3v) is 2.33. The highest BCUT2D eigenvalue weighted by Crippen LogP contribution is 2.21. The highest BCUT2D eigenvalue weighted by molar-refractivity contribution is 4.61. The largest absolute Gasteiger partial charge is 0.316 e. The van der Waals surface area contributed by atoms with Gasteiger partial charge in [0.15, 0.2) is 0 Å². The first kappa shape index (κ1) is 14.0. The van der Waals surface area contributed by atoms with Crippen molar-refractivity contribution in [3.05, 3.63) is 0 Å². The molecule has 1 nitrogen and oxygen atoms in total. The zero-order chi connectivity index (χ0) is 11.0. The van der Waals surface area contributed by atoms with Gasteiger partial charge in [-0.15, -0.1) is 0 Å². The maximum Gasteiger partial charge on any atom is -0.00258 e. The minimum atomic E-state index is 0.519. The van der Waals surface area contributed by atoms with Crippen molar-refractivity contribution in [1.29, 1.82) is 0 Å². The van der Waals surface area contributed by atoms with Crippen LogP contribution in [0.5, 0.6) is 0 Å². The summed E-state index contributed by atoms with van der Waals surface area (Å²) in [4.78, 5) is 0. The minimum absolute atomic E-state index is 0.519. The number of rotatable bonds is 7. The molecule has 0 unspecified atom stereocenters. The molecule has 0 aromatic heterocycles. The average molecular weight is 199 g/mol. The van der Waals surface area contributed by atoms with Gasteiger partial charge >= 0.3 is 0 Å². The van der Waals surface area contributed by atoms with Crippen LogP contribution in [0.15, 0.2) is 0 Å². The number of hydrogen-bond acceptors (Lipinski definition) is 1. The molecule has 0 aromatic carbocycles. The van der Waals surface area contributed by atoms with Crippen LogP contribution in [0.25, 0.3) is 0 Å². The fourth-order valence-electron chi connectivity index (χ4n) is 1.47. The zero-order valence-corrected chi connectivity index (χ0v) is 10.8. The highest BCUT2D eigenvalue weighted by atomic mass is 14.8. The van der Waals surface area contributed by atoms with E-state index < -0.39 is 0 Å². The number of unbranched alkanes of at least 4 members (excludes halogenated alkanes) is 2. The fourth-order valence-corrected chi connectivity index (χ4v) is 1.47. The normalized spacial score (nSPS) is 12.4. The Morgan fingerprint density at radius 3 is 2.14 bits per heavy atom. The van der Waals surface area contributed by atoms with E-state index >= 15 is 0 Å². The Balaban J connectivity index is 3.07. The van der Waals surface area contributed by atoms with Gasteiger partial charge in [0, 0.05) is 0 Å². The second kappa shape index (κ2) is 7.28. The first-order valence-electron chi connectivity index (χ1n) is 6.12. The van der Waals surface area contributed by atoms with E-state index in [1.807, 2.05) is 0 Å². The van der Waals surface area contributed by atoms with Crippen molar-refractivity contribution in [3.63, 3.8) is 0 Å². The Bertz CT molecular complexity index is 122. The Morgan fingerprint density at radius 2 is 1.64 bits per heavy atom. The van der Waals surface area contributed by atoms with Gasteiger partial charge in [-0.1, -0.05) is 47.5 Å². The second-order valence-electron chi connectivity index (χ2n) is 5.97. The predicted molar refractivity (Wildman–Crippen MR) is 65.6 cm³/mol. The number of hydrogen-bond donors (Lipinski definition) is 1. The van der Waals surface area contributed by atoms with Gasteiger partial charge < -0.3 is 5.32 Å². The van der Waals surface area contributed by atoms with Gasteiger partial charge in [-0.3, -0.25) is 0 Å². The summed E-state index contributed by atoms with van der Waals surface area (Å²) in [6.07, 6.45) is 5.45. The maximum absolute atomic E-state index is 3.48. The van der Waals surface area contributed by atoms with E-state index in [1.165, 1.54) is 38.8 Å².